The monoisotopic (exact) mass is 429 g/mol. The molecule has 160 valence electrons. The molecule has 0 bridgehead atoms. The molecule has 7 nitrogen and oxygen atoms in total. The Hall–Kier alpha value is -4.33. The Kier molecular flexibility index (Phi) is 5.76. The summed E-state index contributed by atoms with van der Waals surface area (Å²) < 4.78 is 14.7. The van der Waals surface area contributed by atoms with Crippen molar-refractivity contribution in [3.05, 3.63) is 101 Å². The van der Waals surface area contributed by atoms with E-state index in [9.17, 15) is 14.0 Å². The highest BCUT2D eigenvalue weighted by Crippen LogP contribution is 2.19. The summed E-state index contributed by atoms with van der Waals surface area (Å²) in [5, 5.41) is 9.70. The molecule has 0 spiro atoms. The van der Waals surface area contributed by atoms with E-state index in [1.165, 1.54) is 28.9 Å². The number of hydrogen-bond acceptors (Lipinski definition) is 4. The molecule has 0 aliphatic carbocycles. The highest BCUT2D eigenvalue weighted by Gasteiger charge is 2.19. The lowest BCUT2D eigenvalue weighted by atomic mass is 10.1. The molecule has 32 heavy (non-hydrogen) atoms. The maximum Gasteiger partial charge on any atom is 0.258 e. The Morgan fingerprint density at radius 1 is 0.781 bits per heavy atom. The molecule has 4 aromatic rings. The fraction of sp³-hybridized carbons (Fsp3) is 0.0833. The van der Waals surface area contributed by atoms with Crippen molar-refractivity contribution in [2.75, 3.05) is 10.6 Å². The van der Waals surface area contributed by atoms with E-state index in [1.54, 1.807) is 24.3 Å². The number of nitrogens with zero attached hydrogens (tertiary/aromatic N) is 3. The van der Waals surface area contributed by atoms with Gasteiger partial charge in [-0.1, -0.05) is 36.4 Å². The van der Waals surface area contributed by atoms with Gasteiger partial charge in [0, 0.05) is 11.1 Å². The lowest BCUT2D eigenvalue weighted by Crippen LogP contribution is -2.17. The van der Waals surface area contributed by atoms with Crippen LogP contribution in [0.3, 0.4) is 0 Å². The summed E-state index contributed by atoms with van der Waals surface area (Å²) in [7, 11) is 0. The molecule has 0 aliphatic rings. The number of carbonyl (C=O) groups excluding carboxylic acids is 2. The van der Waals surface area contributed by atoms with Crippen molar-refractivity contribution in [1.29, 1.82) is 0 Å². The predicted octanol–water partition coefficient (Wildman–Crippen LogP) is 4.53. The van der Waals surface area contributed by atoms with Gasteiger partial charge in [0.2, 0.25) is 5.95 Å². The average Bonchev–Trinajstić information content (AvgIpc) is 3.16. The number of halogens is 1. The van der Waals surface area contributed by atoms with Gasteiger partial charge in [0.1, 0.15) is 5.82 Å². The maximum absolute atomic E-state index is 13.4. The van der Waals surface area contributed by atoms with Gasteiger partial charge in [0.25, 0.3) is 17.8 Å². The molecule has 2 amide bonds. The number of amides is 2. The normalized spacial score (nSPS) is 10.6. The molecule has 3 aromatic carbocycles. The Labute approximate surface area is 183 Å². The average molecular weight is 429 g/mol. The molecule has 0 atom stereocenters. The number of rotatable bonds is 5. The van der Waals surface area contributed by atoms with E-state index in [-0.39, 0.29) is 23.7 Å². The molecule has 0 aliphatic heterocycles. The second kappa shape index (κ2) is 8.81. The topological polar surface area (TPSA) is 88.9 Å². The van der Waals surface area contributed by atoms with Gasteiger partial charge in [-0.25, -0.2) is 4.39 Å². The van der Waals surface area contributed by atoms with E-state index in [1.807, 2.05) is 38.1 Å². The van der Waals surface area contributed by atoms with Gasteiger partial charge >= 0.3 is 0 Å². The van der Waals surface area contributed by atoms with Crippen molar-refractivity contribution in [1.82, 2.24) is 14.8 Å². The molecule has 2 N–H and O–H groups in total. The highest BCUT2D eigenvalue weighted by molar-refractivity contribution is 6.06. The van der Waals surface area contributed by atoms with Gasteiger partial charge in [-0.15, -0.1) is 5.10 Å². The predicted molar refractivity (Wildman–Crippen MR) is 120 cm³/mol. The molecular formula is C24H20FN5O2. The first kappa shape index (κ1) is 20.9. The first-order valence-electron chi connectivity index (χ1n) is 9.89. The summed E-state index contributed by atoms with van der Waals surface area (Å²) in [6.07, 6.45) is 0. The smallest absolute Gasteiger partial charge is 0.258 e. The number of aryl methyl sites for hydroxylation is 2. The quantitative estimate of drug-likeness (QED) is 0.488. The van der Waals surface area contributed by atoms with Crippen LogP contribution in [0, 0.1) is 19.7 Å². The van der Waals surface area contributed by atoms with Crippen LogP contribution in [-0.4, -0.2) is 26.6 Å². The Bertz CT molecular complexity index is 1300. The third-order valence-electron chi connectivity index (χ3n) is 4.91. The lowest BCUT2D eigenvalue weighted by Gasteiger charge is -2.08. The van der Waals surface area contributed by atoms with Gasteiger partial charge in [-0.05, 0) is 61.4 Å². The number of carbonyl (C=O) groups is 2. The van der Waals surface area contributed by atoms with Crippen molar-refractivity contribution in [3.8, 4) is 5.69 Å². The molecule has 0 radical (unpaired) electrons. The summed E-state index contributed by atoms with van der Waals surface area (Å²) in [5.74, 6) is -1.08. The first-order chi connectivity index (χ1) is 15.4. The molecular weight excluding hydrogens is 409 g/mol. The van der Waals surface area contributed by atoms with E-state index >= 15 is 0 Å². The minimum atomic E-state index is -0.410. The van der Waals surface area contributed by atoms with Crippen molar-refractivity contribution < 1.29 is 14.0 Å². The lowest BCUT2D eigenvalue weighted by molar-refractivity contribution is 0.101. The van der Waals surface area contributed by atoms with Crippen LogP contribution >= 0.6 is 0 Å². The number of nitrogens with one attached hydrogen (secondary N) is 2. The summed E-state index contributed by atoms with van der Waals surface area (Å²) in [6, 6.07) is 19.8. The largest absolute Gasteiger partial charge is 0.290 e. The second-order valence-electron chi connectivity index (χ2n) is 7.19. The van der Waals surface area contributed by atoms with Crippen LogP contribution in [0.1, 0.15) is 31.8 Å². The Balaban J connectivity index is 1.68. The zero-order valence-corrected chi connectivity index (χ0v) is 17.5. The third kappa shape index (κ3) is 4.39. The zero-order chi connectivity index (χ0) is 22.7. The SMILES string of the molecule is Cc1ccccc1C(=O)Nc1nc(NC(=O)c2ccccc2C)n(-c2ccc(F)cc2)n1. The molecule has 0 unspecified atom stereocenters. The number of benzene rings is 3. The van der Waals surface area contributed by atoms with Crippen molar-refractivity contribution in [2.45, 2.75) is 13.8 Å². The van der Waals surface area contributed by atoms with Crippen LogP contribution in [0.25, 0.3) is 5.69 Å². The summed E-state index contributed by atoms with van der Waals surface area (Å²) in [6.45, 7) is 3.65. The van der Waals surface area contributed by atoms with Crippen LogP contribution in [0.2, 0.25) is 0 Å². The molecule has 8 heteroatoms. The van der Waals surface area contributed by atoms with Crippen molar-refractivity contribution in [3.63, 3.8) is 0 Å². The minimum Gasteiger partial charge on any atom is -0.290 e. The van der Waals surface area contributed by atoms with E-state index in [0.29, 0.717) is 16.8 Å². The molecule has 0 saturated heterocycles. The molecule has 0 saturated carbocycles. The third-order valence-corrected chi connectivity index (χ3v) is 4.91. The van der Waals surface area contributed by atoms with E-state index in [4.69, 9.17) is 0 Å². The maximum atomic E-state index is 13.4. The Morgan fingerprint density at radius 3 is 1.88 bits per heavy atom. The second-order valence-corrected chi connectivity index (χ2v) is 7.19. The highest BCUT2D eigenvalue weighted by atomic mass is 19.1. The van der Waals surface area contributed by atoms with E-state index < -0.39 is 5.82 Å². The molecule has 1 heterocycles. The van der Waals surface area contributed by atoms with Crippen LogP contribution in [0.4, 0.5) is 16.3 Å². The van der Waals surface area contributed by atoms with E-state index in [2.05, 4.69) is 20.7 Å². The fourth-order valence-corrected chi connectivity index (χ4v) is 3.20. The molecule has 0 fully saturated rings. The van der Waals surface area contributed by atoms with Gasteiger partial charge in [0.15, 0.2) is 0 Å². The number of aromatic nitrogens is 3. The zero-order valence-electron chi connectivity index (χ0n) is 17.5. The number of anilines is 2. The van der Waals surface area contributed by atoms with Crippen LogP contribution in [0.15, 0.2) is 72.8 Å². The van der Waals surface area contributed by atoms with Crippen LogP contribution in [0.5, 0.6) is 0 Å². The number of hydrogen-bond donors (Lipinski definition) is 2. The van der Waals surface area contributed by atoms with Crippen molar-refractivity contribution in [2.24, 2.45) is 0 Å². The van der Waals surface area contributed by atoms with Gasteiger partial charge < -0.3 is 0 Å². The van der Waals surface area contributed by atoms with Gasteiger partial charge in [0.05, 0.1) is 5.69 Å². The van der Waals surface area contributed by atoms with Gasteiger partial charge in [-0.3, -0.25) is 20.2 Å². The van der Waals surface area contributed by atoms with E-state index in [0.717, 1.165) is 11.1 Å². The standard InChI is InChI=1S/C24H20FN5O2/c1-15-7-3-5-9-19(15)21(31)26-23-28-24(27-22(32)20-10-6-4-8-16(20)2)30(29-23)18-13-11-17(25)12-14-18/h3-14H,1-2H3,(H2,26,27,28,29,31,32). The first-order valence-corrected chi connectivity index (χ1v) is 9.89. The fourth-order valence-electron chi connectivity index (χ4n) is 3.20. The summed E-state index contributed by atoms with van der Waals surface area (Å²) >= 11 is 0. The van der Waals surface area contributed by atoms with Gasteiger partial charge in [-0.2, -0.15) is 9.67 Å². The molecule has 1 aromatic heterocycles. The summed E-state index contributed by atoms with van der Waals surface area (Å²) in [4.78, 5) is 29.8. The molecule has 4 rings (SSSR count). The Morgan fingerprint density at radius 2 is 1.31 bits per heavy atom. The minimum absolute atomic E-state index is 0.00246. The summed E-state index contributed by atoms with van der Waals surface area (Å²) in [5.41, 5.74) is 3.03. The van der Waals surface area contributed by atoms with Crippen molar-refractivity contribution >= 4 is 23.7 Å². The van der Waals surface area contributed by atoms with Crippen LogP contribution < -0.4 is 10.6 Å². The van der Waals surface area contributed by atoms with Crippen LogP contribution in [-0.2, 0) is 0 Å².